The highest BCUT2D eigenvalue weighted by atomic mass is 35.5. The number of halogens is 1. The molecule has 1 fully saturated rings. The maximum atomic E-state index is 11.6. The van der Waals surface area contributed by atoms with Gasteiger partial charge in [-0.25, -0.2) is 14.5 Å². The second-order valence-electron chi connectivity index (χ2n) is 5.94. The molecular weight excluding hydrogens is 376 g/mol. The van der Waals surface area contributed by atoms with E-state index in [-0.39, 0.29) is 23.6 Å². The van der Waals surface area contributed by atoms with Gasteiger partial charge in [-0.3, -0.25) is 0 Å². The van der Waals surface area contributed by atoms with Crippen LogP contribution < -0.4 is 9.64 Å². The van der Waals surface area contributed by atoms with Crippen molar-refractivity contribution in [2.75, 3.05) is 38.4 Å². The zero-order valence-electron chi connectivity index (χ0n) is 15.4. The van der Waals surface area contributed by atoms with Gasteiger partial charge in [0.05, 0.1) is 45.7 Å². The Labute approximate surface area is 161 Å². The van der Waals surface area contributed by atoms with Gasteiger partial charge in [-0.2, -0.15) is 4.98 Å². The minimum atomic E-state index is -0.560. The summed E-state index contributed by atoms with van der Waals surface area (Å²) >= 11 is 6.18. The topological polar surface area (TPSA) is 104 Å². The molecule has 0 N–H and O–H groups in total. The van der Waals surface area contributed by atoms with E-state index in [9.17, 15) is 4.79 Å². The van der Waals surface area contributed by atoms with Crippen molar-refractivity contribution in [1.82, 2.24) is 25.0 Å². The summed E-state index contributed by atoms with van der Waals surface area (Å²) in [6.45, 7) is 6.44. The largest absolute Gasteiger partial charge is 0.488 e. The molecule has 3 heterocycles. The number of aromatic nitrogens is 5. The number of carbonyl (C=O) groups excluding carboxylic acids is 1. The highest BCUT2D eigenvalue weighted by Crippen LogP contribution is 2.33. The van der Waals surface area contributed by atoms with Crippen LogP contribution in [-0.2, 0) is 16.0 Å². The van der Waals surface area contributed by atoms with Crippen LogP contribution in [0.25, 0.3) is 0 Å². The summed E-state index contributed by atoms with van der Waals surface area (Å²) in [5, 5.41) is 7.85. The van der Waals surface area contributed by atoms with E-state index in [1.807, 2.05) is 13.8 Å². The summed E-state index contributed by atoms with van der Waals surface area (Å²) < 4.78 is 17.5. The van der Waals surface area contributed by atoms with E-state index in [4.69, 9.17) is 21.1 Å². The van der Waals surface area contributed by atoms with Crippen LogP contribution in [0.15, 0.2) is 6.20 Å². The van der Waals surface area contributed by atoms with E-state index >= 15 is 0 Å². The maximum Gasteiger partial charge on any atom is 0.360 e. The number of methoxy groups -OCH3 is 1. The zero-order valence-corrected chi connectivity index (χ0v) is 16.1. The molecule has 0 bridgehead atoms. The summed E-state index contributed by atoms with van der Waals surface area (Å²) in [4.78, 5) is 22.4. The first-order valence-corrected chi connectivity index (χ1v) is 8.93. The molecule has 3 rings (SSSR count). The highest BCUT2D eigenvalue weighted by Gasteiger charge is 2.27. The van der Waals surface area contributed by atoms with Gasteiger partial charge in [-0.05, 0) is 25.4 Å². The Morgan fingerprint density at radius 3 is 2.96 bits per heavy atom. The van der Waals surface area contributed by atoms with E-state index in [0.717, 1.165) is 0 Å². The monoisotopic (exact) mass is 396 g/mol. The van der Waals surface area contributed by atoms with Gasteiger partial charge in [0.25, 0.3) is 0 Å². The number of esters is 1. The molecule has 2 aromatic heterocycles. The van der Waals surface area contributed by atoms with Crippen molar-refractivity contribution in [2.45, 2.75) is 26.4 Å². The third-order valence-corrected chi connectivity index (χ3v) is 4.23. The lowest BCUT2D eigenvalue weighted by Crippen LogP contribution is -2.44. The van der Waals surface area contributed by atoms with Gasteiger partial charge >= 0.3 is 5.97 Å². The fraction of sp³-hybridized carbons (Fsp3) is 0.562. The van der Waals surface area contributed by atoms with Crippen LogP contribution in [0.4, 0.5) is 5.82 Å². The lowest BCUT2D eigenvalue weighted by molar-refractivity contribution is 0.0594. The van der Waals surface area contributed by atoms with Crippen molar-refractivity contribution in [3.63, 3.8) is 0 Å². The molecule has 1 atom stereocenters. The van der Waals surface area contributed by atoms with Crippen LogP contribution in [0.3, 0.4) is 0 Å². The maximum absolute atomic E-state index is 11.6. The molecule has 146 valence electrons. The molecule has 0 aromatic carbocycles. The van der Waals surface area contributed by atoms with Crippen LogP contribution >= 0.6 is 11.6 Å². The number of morpholine rings is 1. The van der Waals surface area contributed by atoms with Crippen molar-refractivity contribution in [1.29, 1.82) is 0 Å². The quantitative estimate of drug-likeness (QED) is 0.525. The minimum absolute atomic E-state index is 0.107. The van der Waals surface area contributed by atoms with E-state index in [1.54, 1.807) is 0 Å². The van der Waals surface area contributed by atoms with Crippen LogP contribution in [-0.4, -0.2) is 70.4 Å². The first kappa shape index (κ1) is 19.3. The Kier molecular flexibility index (Phi) is 6.07. The summed E-state index contributed by atoms with van der Waals surface area (Å²) in [5.41, 5.74) is 0.657. The minimum Gasteiger partial charge on any atom is -0.488 e. The molecule has 11 heteroatoms. The molecule has 0 radical (unpaired) electrons. The van der Waals surface area contributed by atoms with Crippen molar-refractivity contribution in [3.8, 4) is 5.75 Å². The lowest BCUT2D eigenvalue weighted by Gasteiger charge is -2.35. The van der Waals surface area contributed by atoms with Gasteiger partial charge in [0.15, 0.2) is 17.3 Å². The predicted octanol–water partition coefficient (Wildman–Crippen LogP) is 1.18. The molecule has 0 amide bonds. The molecule has 0 unspecified atom stereocenters. The molecular formula is C16H21ClN6O4. The van der Waals surface area contributed by atoms with E-state index in [0.29, 0.717) is 43.6 Å². The summed E-state index contributed by atoms with van der Waals surface area (Å²) in [6.07, 6.45) is 1.48. The molecule has 1 aliphatic heterocycles. The van der Waals surface area contributed by atoms with Gasteiger partial charge in [0, 0.05) is 6.54 Å². The van der Waals surface area contributed by atoms with Gasteiger partial charge in [0.2, 0.25) is 5.28 Å². The van der Waals surface area contributed by atoms with E-state index in [1.165, 1.54) is 18.0 Å². The second-order valence-corrected chi connectivity index (χ2v) is 6.27. The fourth-order valence-corrected chi connectivity index (χ4v) is 3.00. The Hall–Kier alpha value is -2.46. The van der Waals surface area contributed by atoms with Gasteiger partial charge in [-0.1, -0.05) is 5.21 Å². The van der Waals surface area contributed by atoms with Crippen LogP contribution in [0.2, 0.25) is 5.28 Å². The number of carbonyl (C=O) groups is 1. The smallest absolute Gasteiger partial charge is 0.360 e. The molecule has 0 saturated carbocycles. The fourth-order valence-electron chi connectivity index (χ4n) is 2.82. The first-order valence-electron chi connectivity index (χ1n) is 8.55. The summed E-state index contributed by atoms with van der Waals surface area (Å²) in [5.74, 6) is 0.594. The van der Waals surface area contributed by atoms with E-state index in [2.05, 4.69) is 29.9 Å². The number of hydrogen-bond donors (Lipinski definition) is 0. The standard InChI is InChI=1S/C16H21ClN6O4/c1-4-27-13-11(7-22-8-12(20-21-22)15(24)25-3)18-16(17)19-14(13)23-5-6-26-9-10(23)2/h8,10H,4-7,9H2,1-3H3/t10-/m1/s1. The zero-order chi connectivity index (χ0) is 19.4. The molecule has 1 aliphatic rings. The van der Waals surface area contributed by atoms with Crippen molar-refractivity contribution >= 4 is 23.4 Å². The average Bonchev–Trinajstić information content (AvgIpc) is 3.12. The molecule has 1 saturated heterocycles. The SMILES string of the molecule is CCOc1c(Cn2cc(C(=O)OC)nn2)nc(Cl)nc1N1CCOC[C@H]1C. The number of nitrogens with zero attached hydrogens (tertiary/aromatic N) is 6. The van der Waals surface area contributed by atoms with Crippen LogP contribution in [0.1, 0.15) is 30.0 Å². The van der Waals surface area contributed by atoms with Crippen molar-refractivity contribution in [2.24, 2.45) is 0 Å². The second kappa shape index (κ2) is 8.49. The Balaban J connectivity index is 1.96. The number of rotatable bonds is 6. The summed E-state index contributed by atoms with van der Waals surface area (Å²) in [6, 6.07) is 0.120. The number of ether oxygens (including phenoxy) is 3. The molecule has 0 spiro atoms. The first-order chi connectivity index (χ1) is 13.0. The van der Waals surface area contributed by atoms with Crippen molar-refractivity contribution in [3.05, 3.63) is 22.9 Å². The third-order valence-electron chi connectivity index (χ3n) is 4.06. The molecule has 27 heavy (non-hydrogen) atoms. The van der Waals surface area contributed by atoms with Crippen molar-refractivity contribution < 1.29 is 19.0 Å². The Morgan fingerprint density at radius 1 is 1.44 bits per heavy atom. The van der Waals surface area contributed by atoms with Gasteiger partial charge < -0.3 is 19.1 Å². The third kappa shape index (κ3) is 4.28. The van der Waals surface area contributed by atoms with E-state index < -0.39 is 5.97 Å². The normalized spacial score (nSPS) is 17.0. The van der Waals surface area contributed by atoms with Gasteiger partial charge in [0.1, 0.15) is 5.69 Å². The number of anilines is 1. The predicted molar refractivity (Wildman–Crippen MR) is 96.3 cm³/mol. The number of hydrogen-bond acceptors (Lipinski definition) is 9. The van der Waals surface area contributed by atoms with Crippen LogP contribution in [0, 0.1) is 0 Å². The molecule has 10 nitrogen and oxygen atoms in total. The van der Waals surface area contributed by atoms with Crippen LogP contribution in [0.5, 0.6) is 5.75 Å². The highest BCUT2D eigenvalue weighted by molar-refractivity contribution is 6.28. The molecule has 0 aliphatic carbocycles. The average molecular weight is 397 g/mol. The summed E-state index contributed by atoms with van der Waals surface area (Å²) in [7, 11) is 1.29. The molecule has 2 aromatic rings. The lowest BCUT2D eigenvalue weighted by atomic mass is 10.2. The Morgan fingerprint density at radius 2 is 2.26 bits per heavy atom. The van der Waals surface area contributed by atoms with Gasteiger partial charge in [-0.15, -0.1) is 5.10 Å². The Bertz CT molecular complexity index is 814.